The lowest BCUT2D eigenvalue weighted by Gasteiger charge is -2.08. The minimum absolute atomic E-state index is 0.00862. The van der Waals surface area contributed by atoms with E-state index in [0.717, 1.165) is 22.5 Å². The summed E-state index contributed by atoms with van der Waals surface area (Å²) in [7, 11) is 0. The normalized spacial score (nSPS) is 10.6. The van der Waals surface area contributed by atoms with E-state index in [2.05, 4.69) is 10.3 Å². The molecule has 0 atom stereocenters. The molecule has 1 heterocycles. The number of fused-ring (bicyclic) bond motifs is 1. The Kier molecular flexibility index (Phi) is 6.23. The van der Waals surface area contributed by atoms with Gasteiger partial charge in [0.2, 0.25) is 5.91 Å². The molecule has 8 heteroatoms. The molecule has 1 amide bonds. The highest BCUT2D eigenvalue weighted by molar-refractivity contribution is 8.00. The van der Waals surface area contributed by atoms with E-state index in [0.29, 0.717) is 16.1 Å². The number of nitrogens with one attached hydrogen (secondary N) is 1. The summed E-state index contributed by atoms with van der Waals surface area (Å²) in [4.78, 5) is 40.2. The van der Waals surface area contributed by atoms with E-state index in [-0.39, 0.29) is 28.7 Å². The Labute approximate surface area is 187 Å². The van der Waals surface area contributed by atoms with Gasteiger partial charge in [0, 0.05) is 35.3 Å². The number of hydrogen-bond donors (Lipinski definition) is 1. The van der Waals surface area contributed by atoms with E-state index >= 15 is 0 Å². The number of benzene rings is 3. The van der Waals surface area contributed by atoms with Gasteiger partial charge >= 0.3 is 0 Å². The van der Waals surface area contributed by atoms with Gasteiger partial charge in [0.15, 0.2) is 5.78 Å². The Morgan fingerprint density at radius 1 is 0.906 bits per heavy atom. The van der Waals surface area contributed by atoms with E-state index in [1.54, 1.807) is 12.1 Å². The molecule has 3 aromatic carbocycles. The van der Waals surface area contributed by atoms with Crippen molar-refractivity contribution >= 4 is 45.6 Å². The minimum atomic E-state index is -0.549. The van der Waals surface area contributed by atoms with Crippen LogP contribution in [0.15, 0.2) is 90.1 Å². The molecule has 0 fully saturated rings. The van der Waals surface area contributed by atoms with Gasteiger partial charge in [-0.2, -0.15) is 0 Å². The number of anilines is 1. The first-order chi connectivity index (χ1) is 15.5. The van der Waals surface area contributed by atoms with Crippen LogP contribution in [0.1, 0.15) is 15.9 Å². The largest absolute Gasteiger partial charge is 0.325 e. The van der Waals surface area contributed by atoms with Crippen LogP contribution in [0.5, 0.6) is 0 Å². The predicted octanol–water partition coefficient (Wildman–Crippen LogP) is 5.10. The van der Waals surface area contributed by atoms with Gasteiger partial charge in [0.1, 0.15) is 0 Å². The number of pyridine rings is 1. The van der Waals surface area contributed by atoms with E-state index in [4.69, 9.17) is 0 Å². The summed E-state index contributed by atoms with van der Waals surface area (Å²) in [6.45, 7) is 0. The average molecular weight is 443 g/mol. The van der Waals surface area contributed by atoms with E-state index in [9.17, 15) is 19.7 Å². The van der Waals surface area contributed by atoms with Gasteiger partial charge < -0.3 is 5.32 Å². The maximum atomic E-state index is 12.6. The SMILES string of the molecule is O=C(CSc1ccc(C(=O)c2ccncc2)cc1[N+](=O)[O-])Nc1ccc2ccccc2c1. The lowest BCUT2D eigenvalue weighted by atomic mass is 10.0. The Morgan fingerprint density at radius 2 is 1.66 bits per heavy atom. The van der Waals surface area contributed by atoms with Gasteiger partial charge in [-0.05, 0) is 47.2 Å². The Morgan fingerprint density at radius 3 is 2.41 bits per heavy atom. The maximum absolute atomic E-state index is 12.6. The molecule has 0 aliphatic rings. The highest BCUT2D eigenvalue weighted by Gasteiger charge is 2.19. The summed E-state index contributed by atoms with van der Waals surface area (Å²) in [6.07, 6.45) is 2.97. The Hall–Kier alpha value is -4.04. The van der Waals surface area contributed by atoms with Gasteiger partial charge in [0.05, 0.1) is 15.6 Å². The summed E-state index contributed by atoms with van der Waals surface area (Å²) in [5, 5.41) is 16.4. The molecule has 0 unspecified atom stereocenters. The zero-order valence-corrected chi connectivity index (χ0v) is 17.5. The second-order valence-electron chi connectivity index (χ2n) is 6.90. The number of carbonyl (C=O) groups is 2. The third-order valence-electron chi connectivity index (χ3n) is 4.75. The fraction of sp³-hybridized carbons (Fsp3) is 0.0417. The van der Waals surface area contributed by atoms with Gasteiger partial charge in [-0.25, -0.2) is 0 Å². The van der Waals surface area contributed by atoms with Gasteiger partial charge in [0.25, 0.3) is 5.69 Å². The number of aromatic nitrogens is 1. The van der Waals surface area contributed by atoms with Crippen molar-refractivity contribution in [3.63, 3.8) is 0 Å². The van der Waals surface area contributed by atoms with Crippen molar-refractivity contribution in [1.82, 2.24) is 4.98 Å². The summed E-state index contributed by atoms with van der Waals surface area (Å²) in [5.74, 6) is -0.622. The molecular formula is C24H17N3O4S. The first-order valence-corrected chi connectivity index (χ1v) is 10.6. The highest BCUT2D eigenvalue weighted by Crippen LogP contribution is 2.31. The maximum Gasteiger partial charge on any atom is 0.283 e. The van der Waals surface area contributed by atoms with Crippen LogP contribution in [0, 0.1) is 10.1 Å². The van der Waals surface area contributed by atoms with Crippen molar-refractivity contribution in [1.29, 1.82) is 0 Å². The standard InChI is InChI=1S/C24H17N3O4S/c28-23(26-20-7-5-16-3-1-2-4-18(16)13-20)15-32-22-8-6-19(14-21(22)27(30)31)24(29)17-9-11-25-12-10-17/h1-14H,15H2,(H,26,28). The lowest BCUT2D eigenvalue weighted by Crippen LogP contribution is -2.14. The molecule has 7 nitrogen and oxygen atoms in total. The number of thioether (sulfide) groups is 1. The molecule has 0 aliphatic carbocycles. The van der Waals surface area contributed by atoms with Crippen molar-refractivity contribution in [2.24, 2.45) is 0 Å². The topological polar surface area (TPSA) is 102 Å². The lowest BCUT2D eigenvalue weighted by molar-refractivity contribution is -0.387. The zero-order chi connectivity index (χ0) is 22.5. The molecule has 0 saturated carbocycles. The second-order valence-corrected chi connectivity index (χ2v) is 7.92. The minimum Gasteiger partial charge on any atom is -0.325 e. The molecule has 0 bridgehead atoms. The number of hydrogen-bond acceptors (Lipinski definition) is 6. The number of nitro groups is 1. The first kappa shape index (κ1) is 21.2. The van der Waals surface area contributed by atoms with Crippen molar-refractivity contribution in [2.75, 3.05) is 11.1 Å². The number of amides is 1. The Balaban J connectivity index is 1.46. The zero-order valence-electron chi connectivity index (χ0n) is 16.7. The predicted molar refractivity (Wildman–Crippen MR) is 124 cm³/mol. The monoisotopic (exact) mass is 443 g/mol. The third-order valence-corrected chi connectivity index (χ3v) is 5.82. The molecule has 158 valence electrons. The smallest absolute Gasteiger partial charge is 0.283 e. The third kappa shape index (κ3) is 4.81. The fourth-order valence-electron chi connectivity index (χ4n) is 3.20. The summed E-state index contributed by atoms with van der Waals surface area (Å²) < 4.78 is 0. The number of rotatable bonds is 7. The van der Waals surface area contributed by atoms with Crippen LogP contribution in [-0.4, -0.2) is 27.4 Å². The molecule has 32 heavy (non-hydrogen) atoms. The van der Waals surface area contributed by atoms with Crippen LogP contribution in [0.4, 0.5) is 11.4 Å². The van der Waals surface area contributed by atoms with Crippen LogP contribution < -0.4 is 5.32 Å². The summed E-state index contributed by atoms with van der Waals surface area (Å²) in [5.41, 5.74) is 1.04. The van der Waals surface area contributed by atoms with Crippen molar-refractivity contribution in [2.45, 2.75) is 4.90 Å². The molecule has 0 spiro atoms. The van der Waals surface area contributed by atoms with E-state index in [1.807, 2.05) is 42.5 Å². The van der Waals surface area contributed by atoms with E-state index < -0.39 is 4.92 Å². The van der Waals surface area contributed by atoms with Crippen molar-refractivity contribution in [3.8, 4) is 0 Å². The second kappa shape index (κ2) is 9.40. The van der Waals surface area contributed by atoms with Crippen LogP contribution in [0.2, 0.25) is 0 Å². The number of carbonyl (C=O) groups excluding carboxylic acids is 2. The number of ketones is 1. The fourth-order valence-corrected chi connectivity index (χ4v) is 4.01. The Bertz CT molecular complexity index is 1330. The molecule has 0 aliphatic heterocycles. The average Bonchev–Trinajstić information content (AvgIpc) is 2.82. The summed E-state index contributed by atoms with van der Waals surface area (Å²) >= 11 is 1.05. The molecule has 1 aromatic heterocycles. The van der Waals surface area contributed by atoms with Gasteiger partial charge in [-0.1, -0.05) is 30.3 Å². The molecule has 1 N–H and O–H groups in total. The van der Waals surface area contributed by atoms with Crippen LogP contribution in [0.25, 0.3) is 10.8 Å². The van der Waals surface area contributed by atoms with Crippen molar-refractivity contribution in [3.05, 3.63) is 106 Å². The molecular weight excluding hydrogens is 426 g/mol. The van der Waals surface area contributed by atoms with Crippen LogP contribution >= 0.6 is 11.8 Å². The molecule has 0 radical (unpaired) electrons. The van der Waals surface area contributed by atoms with Crippen LogP contribution in [0.3, 0.4) is 0 Å². The van der Waals surface area contributed by atoms with Gasteiger partial charge in [-0.15, -0.1) is 11.8 Å². The molecule has 0 saturated heterocycles. The highest BCUT2D eigenvalue weighted by atomic mass is 32.2. The quantitative estimate of drug-likeness (QED) is 0.184. The molecule has 4 aromatic rings. The van der Waals surface area contributed by atoms with Gasteiger partial charge in [-0.3, -0.25) is 24.7 Å². The number of nitro benzene ring substituents is 1. The van der Waals surface area contributed by atoms with Crippen LogP contribution in [-0.2, 0) is 4.79 Å². The summed E-state index contributed by atoms with van der Waals surface area (Å²) in [6, 6.07) is 20.8. The molecule has 4 rings (SSSR count). The van der Waals surface area contributed by atoms with E-state index in [1.165, 1.54) is 30.6 Å². The first-order valence-electron chi connectivity index (χ1n) is 9.66. The number of nitrogens with zero attached hydrogens (tertiary/aromatic N) is 2. The van der Waals surface area contributed by atoms with Crippen molar-refractivity contribution < 1.29 is 14.5 Å².